The van der Waals surface area contributed by atoms with Crippen molar-refractivity contribution >= 4 is 5.97 Å². The topological polar surface area (TPSA) is 37.3 Å². The number of carboxylic acid groups (broad SMARTS) is 1. The summed E-state index contributed by atoms with van der Waals surface area (Å²) in [5.41, 5.74) is 0. The van der Waals surface area contributed by atoms with Crippen molar-refractivity contribution in [3.8, 4) is 0 Å². The first-order valence-corrected chi connectivity index (χ1v) is 4.63. The van der Waals surface area contributed by atoms with E-state index in [9.17, 15) is 4.79 Å². The van der Waals surface area contributed by atoms with Gasteiger partial charge in [-0.2, -0.15) is 0 Å². The van der Waals surface area contributed by atoms with Crippen LogP contribution in [-0.2, 0) is 4.79 Å². The molecule has 12 heavy (non-hydrogen) atoms. The van der Waals surface area contributed by atoms with Crippen LogP contribution in [0.15, 0.2) is 12.2 Å². The van der Waals surface area contributed by atoms with Crippen molar-refractivity contribution < 1.29 is 9.90 Å². The Hall–Kier alpha value is -0.790. The monoisotopic (exact) mass is 168 g/mol. The molecule has 1 aliphatic rings. The van der Waals surface area contributed by atoms with Gasteiger partial charge >= 0.3 is 5.97 Å². The van der Waals surface area contributed by atoms with Crippen molar-refractivity contribution in [3.05, 3.63) is 12.2 Å². The Morgan fingerprint density at radius 1 is 1.58 bits per heavy atom. The zero-order chi connectivity index (χ0) is 8.97. The quantitative estimate of drug-likeness (QED) is 0.640. The second kappa shape index (κ2) is 4.29. The highest BCUT2D eigenvalue weighted by molar-refractivity contribution is 5.73. The van der Waals surface area contributed by atoms with Gasteiger partial charge in [-0.1, -0.05) is 19.1 Å². The molecule has 2 unspecified atom stereocenters. The van der Waals surface area contributed by atoms with E-state index in [0.29, 0.717) is 5.92 Å². The van der Waals surface area contributed by atoms with Gasteiger partial charge in [0, 0.05) is 0 Å². The van der Waals surface area contributed by atoms with E-state index in [4.69, 9.17) is 5.11 Å². The van der Waals surface area contributed by atoms with Gasteiger partial charge in [-0.3, -0.25) is 4.79 Å². The van der Waals surface area contributed by atoms with Crippen LogP contribution in [0.3, 0.4) is 0 Å². The van der Waals surface area contributed by atoms with Gasteiger partial charge in [0.2, 0.25) is 0 Å². The predicted octanol–water partition coefficient (Wildman–Crippen LogP) is 2.45. The van der Waals surface area contributed by atoms with E-state index in [1.165, 1.54) is 0 Å². The lowest BCUT2D eigenvalue weighted by molar-refractivity contribution is -0.138. The summed E-state index contributed by atoms with van der Waals surface area (Å²) in [6.07, 6.45) is 8.35. The molecule has 2 nitrogen and oxygen atoms in total. The van der Waals surface area contributed by atoms with Gasteiger partial charge in [0.1, 0.15) is 0 Å². The van der Waals surface area contributed by atoms with Crippen LogP contribution in [0.25, 0.3) is 0 Å². The lowest BCUT2D eigenvalue weighted by Gasteiger charge is -1.91. The van der Waals surface area contributed by atoms with Crippen molar-refractivity contribution in [2.75, 3.05) is 0 Å². The summed E-state index contributed by atoms with van der Waals surface area (Å²) in [4.78, 5) is 10.4. The average Bonchev–Trinajstić information content (AvgIpc) is 2.77. The number of allylic oxidation sites excluding steroid dienone is 2. The fourth-order valence-electron chi connectivity index (χ4n) is 1.46. The first-order chi connectivity index (χ1) is 5.75. The molecule has 68 valence electrons. The molecule has 0 aromatic heterocycles. The third-order valence-electron chi connectivity index (χ3n) is 2.35. The molecule has 1 N–H and O–H groups in total. The number of aliphatic carboxylic acids is 1. The maximum atomic E-state index is 10.4. The van der Waals surface area contributed by atoms with Gasteiger partial charge in [0.25, 0.3) is 0 Å². The Morgan fingerprint density at radius 2 is 2.33 bits per heavy atom. The summed E-state index contributed by atoms with van der Waals surface area (Å²) in [7, 11) is 0. The standard InChI is InChI=1S/C10H16O2/c1-2-3-4-5-6-8-7-9(8)10(11)12/h3-4,8-9H,2,5-7H2,1H3,(H,11,12)/b4-3-. The highest BCUT2D eigenvalue weighted by Crippen LogP contribution is 2.42. The summed E-state index contributed by atoms with van der Waals surface area (Å²) in [6, 6.07) is 0. The molecule has 0 spiro atoms. The number of rotatable bonds is 5. The Kier molecular flexibility index (Phi) is 3.32. The number of carboxylic acids is 1. The highest BCUT2D eigenvalue weighted by atomic mass is 16.4. The Morgan fingerprint density at radius 3 is 2.83 bits per heavy atom. The minimum Gasteiger partial charge on any atom is -0.481 e. The molecule has 0 bridgehead atoms. The van der Waals surface area contributed by atoms with Crippen molar-refractivity contribution in [3.63, 3.8) is 0 Å². The molecule has 0 aliphatic heterocycles. The van der Waals surface area contributed by atoms with Crippen LogP contribution in [0.4, 0.5) is 0 Å². The maximum Gasteiger partial charge on any atom is 0.306 e. The molecule has 0 radical (unpaired) electrons. The normalized spacial score (nSPS) is 27.8. The van der Waals surface area contributed by atoms with Crippen LogP contribution < -0.4 is 0 Å². The Balaban J connectivity index is 2.04. The summed E-state index contributed by atoms with van der Waals surface area (Å²) in [5, 5.41) is 8.61. The lowest BCUT2D eigenvalue weighted by Crippen LogP contribution is -1.98. The molecule has 1 aliphatic carbocycles. The zero-order valence-corrected chi connectivity index (χ0v) is 7.49. The van der Waals surface area contributed by atoms with Crippen LogP contribution in [0.5, 0.6) is 0 Å². The molecule has 0 aromatic rings. The summed E-state index contributed by atoms with van der Waals surface area (Å²) < 4.78 is 0. The molecule has 1 fully saturated rings. The predicted molar refractivity (Wildman–Crippen MR) is 47.9 cm³/mol. The van der Waals surface area contributed by atoms with E-state index < -0.39 is 5.97 Å². The molecular weight excluding hydrogens is 152 g/mol. The van der Waals surface area contributed by atoms with E-state index >= 15 is 0 Å². The molecule has 1 rings (SSSR count). The second-order valence-electron chi connectivity index (χ2n) is 3.40. The first kappa shape index (κ1) is 9.30. The minimum absolute atomic E-state index is 0.0278. The second-order valence-corrected chi connectivity index (χ2v) is 3.40. The summed E-state index contributed by atoms with van der Waals surface area (Å²) in [5.74, 6) is -0.177. The van der Waals surface area contributed by atoms with Gasteiger partial charge in [0.15, 0.2) is 0 Å². The average molecular weight is 168 g/mol. The number of hydrogen-bond acceptors (Lipinski definition) is 1. The van der Waals surface area contributed by atoms with E-state index in [1.54, 1.807) is 0 Å². The van der Waals surface area contributed by atoms with Crippen LogP contribution >= 0.6 is 0 Å². The summed E-state index contributed by atoms with van der Waals surface area (Å²) >= 11 is 0. The molecular formula is C10H16O2. The third-order valence-corrected chi connectivity index (χ3v) is 2.35. The van der Waals surface area contributed by atoms with E-state index in [2.05, 4.69) is 19.1 Å². The van der Waals surface area contributed by atoms with Gasteiger partial charge in [-0.05, 0) is 31.6 Å². The molecule has 0 heterocycles. The van der Waals surface area contributed by atoms with Gasteiger partial charge in [-0.15, -0.1) is 0 Å². The molecule has 0 saturated heterocycles. The van der Waals surface area contributed by atoms with Crippen molar-refractivity contribution in [2.45, 2.75) is 32.6 Å². The third kappa shape index (κ3) is 2.68. The lowest BCUT2D eigenvalue weighted by atomic mass is 10.2. The van der Waals surface area contributed by atoms with E-state index in [0.717, 1.165) is 25.7 Å². The smallest absolute Gasteiger partial charge is 0.306 e. The maximum absolute atomic E-state index is 10.4. The van der Waals surface area contributed by atoms with Gasteiger partial charge in [0.05, 0.1) is 5.92 Å². The van der Waals surface area contributed by atoms with Crippen LogP contribution in [0, 0.1) is 11.8 Å². The van der Waals surface area contributed by atoms with Crippen LogP contribution in [0.1, 0.15) is 32.6 Å². The van der Waals surface area contributed by atoms with E-state index in [-0.39, 0.29) is 5.92 Å². The van der Waals surface area contributed by atoms with Gasteiger partial charge in [-0.25, -0.2) is 0 Å². The molecule has 2 heteroatoms. The molecule has 0 amide bonds. The number of hydrogen-bond donors (Lipinski definition) is 1. The fourth-order valence-corrected chi connectivity index (χ4v) is 1.46. The largest absolute Gasteiger partial charge is 0.481 e. The first-order valence-electron chi connectivity index (χ1n) is 4.63. The SMILES string of the molecule is CC/C=C\CCC1CC1C(=O)O. The zero-order valence-electron chi connectivity index (χ0n) is 7.49. The molecule has 2 atom stereocenters. The van der Waals surface area contributed by atoms with Crippen LogP contribution in [0.2, 0.25) is 0 Å². The summed E-state index contributed by atoms with van der Waals surface area (Å²) in [6.45, 7) is 2.10. The minimum atomic E-state index is -0.612. The fraction of sp³-hybridized carbons (Fsp3) is 0.700. The molecule has 1 saturated carbocycles. The van der Waals surface area contributed by atoms with Crippen molar-refractivity contribution in [1.82, 2.24) is 0 Å². The highest BCUT2D eigenvalue weighted by Gasteiger charge is 2.41. The van der Waals surface area contributed by atoms with Gasteiger partial charge < -0.3 is 5.11 Å². The Labute approximate surface area is 73.3 Å². The number of carbonyl (C=O) groups is 1. The van der Waals surface area contributed by atoms with E-state index in [1.807, 2.05) is 0 Å². The van der Waals surface area contributed by atoms with Crippen molar-refractivity contribution in [2.24, 2.45) is 11.8 Å². The Bertz CT molecular complexity index is 184. The van der Waals surface area contributed by atoms with Crippen molar-refractivity contribution in [1.29, 1.82) is 0 Å². The van der Waals surface area contributed by atoms with Crippen LogP contribution in [-0.4, -0.2) is 11.1 Å². The molecule has 0 aromatic carbocycles.